The molecule has 2 heterocycles. The van der Waals surface area contributed by atoms with Gasteiger partial charge >= 0.3 is 0 Å². The van der Waals surface area contributed by atoms with Crippen molar-refractivity contribution in [2.45, 2.75) is 50.4 Å². The number of nitrogens with one attached hydrogen (secondary N) is 2. The van der Waals surface area contributed by atoms with Crippen LogP contribution in [0.4, 0.5) is 21.6 Å². The molecule has 42 heavy (non-hydrogen) atoms. The van der Waals surface area contributed by atoms with Crippen LogP contribution in [0.1, 0.15) is 58.7 Å². The molecule has 1 fully saturated rings. The molecule has 2 aromatic heterocycles. The first-order valence-electron chi connectivity index (χ1n) is 14.0. The number of nitrogens with zero attached hydrogens (tertiary/aromatic N) is 6. The number of hydrogen-bond acceptors (Lipinski definition) is 10. The van der Waals surface area contributed by atoms with Gasteiger partial charge in [0, 0.05) is 51.4 Å². The summed E-state index contributed by atoms with van der Waals surface area (Å²) in [5.74, 6) is 0.284. The third-order valence-electron chi connectivity index (χ3n) is 7.38. The smallest absolute Gasteiger partial charge is 0.230 e. The van der Waals surface area contributed by atoms with Crippen molar-refractivity contribution in [1.82, 2.24) is 20.4 Å². The first-order valence-corrected chi connectivity index (χ1v) is 15.7. The largest absolute Gasteiger partial charge is 0.378 e. The maximum Gasteiger partial charge on any atom is 0.230 e. The number of hydrogen-bond donors (Lipinski definition) is 2. The number of rotatable bonds is 10. The summed E-state index contributed by atoms with van der Waals surface area (Å²) in [6.07, 6.45) is 4.55. The van der Waals surface area contributed by atoms with E-state index in [0.717, 1.165) is 58.2 Å². The highest BCUT2D eigenvalue weighted by molar-refractivity contribution is 7.15. The molecule has 5 rings (SSSR count). The van der Waals surface area contributed by atoms with Crippen LogP contribution in [0.5, 0.6) is 0 Å². The van der Waals surface area contributed by atoms with E-state index in [4.69, 9.17) is 0 Å². The fourth-order valence-electron chi connectivity index (χ4n) is 5.06. The monoisotopic (exact) mass is 604 g/mol. The summed E-state index contributed by atoms with van der Waals surface area (Å²) in [6.45, 7) is 0. The molecule has 10 nitrogen and oxygen atoms in total. The summed E-state index contributed by atoms with van der Waals surface area (Å²) >= 11 is 2.89. The first kappa shape index (κ1) is 29.6. The highest BCUT2D eigenvalue weighted by Gasteiger charge is 2.29. The first-order chi connectivity index (χ1) is 20.2. The Labute approximate surface area is 254 Å². The van der Waals surface area contributed by atoms with Crippen molar-refractivity contribution in [3.8, 4) is 0 Å². The topological polar surface area (TPSA) is 116 Å². The van der Waals surface area contributed by atoms with E-state index >= 15 is 0 Å². The number of aromatic nitrogens is 4. The summed E-state index contributed by atoms with van der Waals surface area (Å²) < 4.78 is 0. The predicted molar refractivity (Wildman–Crippen MR) is 170 cm³/mol. The maximum atomic E-state index is 12.6. The summed E-state index contributed by atoms with van der Waals surface area (Å²) in [5.41, 5.74) is 4.08. The summed E-state index contributed by atoms with van der Waals surface area (Å²) in [6, 6.07) is 15.9. The van der Waals surface area contributed by atoms with Gasteiger partial charge in [-0.25, -0.2) is 0 Å². The molecule has 0 bridgehead atoms. The summed E-state index contributed by atoms with van der Waals surface area (Å²) in [4.78, 5) is 29.3. The lowest BCUT2D eigenvalue weighted by molar-refractivity contribution is -0.116. The molecular weight excluding hydrogens is 569 g/mol. The van der Waals surface area contributed by atoms with Gasteiger partial charge in [-0.05, 0) is 54.7 Å². The molecule has 2 N–H and O–H groups in total. The van der Waals surface area contributed by atoms with E-state index in [0.29, 0.717) is 10.3 Å². The predicted octanol–water partition coefficient (Wildman–Crippen LogP) is 5.33. The maximum absolute atomic E-state index is 12.6. The summed E-state index contributed by atoms with van der Waals surface area (Å²) in [5, 5.41) is 26.1. The van der Waals surface area contributed by atoms with Crippen LogP contribution in [0.2, 0.25) is 0 Å². The normalized spacial score (nSPS) is 16.6. The molecule has 0 aliphatic heterocycles. The third-order valence-corrected chi connectivity index (χ3v) is 9.38. The molecule has 220 valence electrons. The molecule has 2 amide bonds. The van der Waals surface area contributed by atoms with E-state index in [1.54, 1.807) is 0 Å². The van der Waals surface area contributed by atoms with Crippen molar-refractivity contribution >= 4 is 56.1 Å². The van der Waals surface area contributed by atoms with Crippen molar-refractivity contribution in [2.24, 2.45) is 0 Å². The highest BCUT2D eigenvalue weighted by atomic mass is 32.1. The van der Waals surface area contributed by atoms with Gasteiger partial charge in [-0.2, -0.15) is 0 Å². The molecule has 12 heteroatoms. The Morgan fingerprint density at radius 1 is 0.690 bits per heavy atom. The number of benzene rings is 2. The fraction of sp³-hybridized carbons (Fsp3) is 0.400. The van der Waals surface area contributed by atoms with Gasteiger partial charge in [-0.15, -0.1) is 20.4 Å². The summed E-state index contributed by atoms with van der Waals surface area (Å²) in [7, 11) is 7.95. The van der Waals surface area contributed by atoms with Crippen molar-refractivity contribution < 1.29 is 9.59 Å². The van der Waals surface area contributed by atoms with Crippen molar-refractivity contribution in [2.75, 3.05) is 48.6 Å². The van der Waals surface area contributed by atoms with Gasteiger partial charge in [-0.3, -0.25) is 9.59 Å². The van der Waals surface area contributed by atoms with Gasteiger partial charge in [0.15, 0.2) is 0 Å². The van der Waals surface area contributed by atoms with Gasteiger partial charge in [0.05, 0.1) is 12.8 Å². The van der Waals surface area contributed by atoms with Crippen LogP contribution in [-0.4, -0.2) is 60.4 Å². The van der Waals surface area contributed by atoms with E-state index in [1.165, 1.54) is 22.7 Å². The second kappa shape index (κ2) is 13.4. The molecule has 2 atom stereocenters. The van der Waals surface area contributed by atoms with Crippen LogP contribution in [0.3, 0.4) is 0 Å². The zero-order chi connectivity index (χ0) is 29.6. The molecule has 2 unspecified atom stereocenters. The minimum Gasteiger partial charge on any atom is -0.378 e. The minimum atomic E-state index is -0.106. The molecule has 0 spiro atoms. The third kappa shape index (κ3) is 7.68. The van der Waals surface area contributed by atoms with Crippen LogP contribution in [0.25, 0.3) is 0 Å². The Morgan fingerprint density at radius 3 is 1.48 bits per heavy atom. The number of amides is 2. The Balaban J connectivity index is 1.12. The van der Waals surface area contributed by atoms with Crippen molar-refractivity contribution in [3.63, 3.8) is 0 Å². The van der Waals surface area contributed by atoms with Gasteiger partial charge in [0.2, 0.25) is 22.1 Å². The molecule has 1 aliphatic carbocycles. The van der Waals surface area contributed by atoms with Crippen molar-refractivity contribution in [1.29, 1.82) is 0 Å². The molecule has 4 aromatic rings. The molecule has 0 saturated heterocycles. The van der Waals surface area contributed by atoms with Crippen LogP contribution < -0.4 is 20.4 Å². The van der Waals surface area contributed by atoms with Gasteiger partial charge in [0.25, 0.3) is 0 Å². The van der Waals surface area contributed by atoms with Gasteiger partial charge in [-0.1, -0.05) is 53.4 Å². The van der Waals surface area contributed by atoms with E-state index in [-0.39, 0.29) is 36.5 Å². The lowest BCUT2D eigenvalue weighted by atomic mass is 9.82. The molecule has 0 radical (unpaired) electrons. The Morgan fingerprint density at radius 2 is 1.10 bits per heavy atom. The van der Waals surface area contributed by atoms with Crippen LogP contribution in [0.15, 0.2) is 48.5 Å². The van der Waals surface area contributed by atoms with E-state index in [9.17, 15) is 9.59 Å². The number of anilines is 4. The molecule has 1 aliphatic rings. The Hall–Kier alpha value is -3.90. The van der Waals surface area contributed by atoms with Crippen LogP contribution in [0, 0.1) is 0 Å². The number of carbonyl (C=O) groups excluding carboxylic acids is 2. The average molecular weight is 605 g/mol. The SMILES string of the molecule is CN(C)c1ccc(CC(=O)Nc2nnc(C3CCCC(c4nnc(NC(=O)Cc5ccc(N(C)C)cc5)s4)C3)s2)cc1. The quantitative estimate of drug-likeness (QED) is 0.250. The Kier molecular flexibility index (Phi) is 9.43. The zero-order valence-electron chi connectivity index (χ0n) is 24.3. The lowest BCUT2D eigenvalue weighted by Crippen LogP contribution is -2.14. The Bertz CT molecular complexity index is 1390. The average Bonchev–Trinajstić information content (AvgIpc) is 3.63. The van der Waals surface area contributed by atoms with Gasteiger partial charge < -0.3 is 20.4 Å². The zero-order valence-corrected chi connectivity index (χ0v) is 26.0. The van der Waals surface area contributed by atoms with E-state index in [2.05, 4.69) is 31.0 Å². The van der Waals surface area contributed by atoms with E-state index in [1.807, 2.05) is 86.5 Å². The lowest BCUT2D eigenvalue weighted by Gasteiger charge is -2.25. The fourth-order valence-corrected chi connectivity index (χ4v) is 6.87. The second-order valence-electron chi connectivity index (χ2n) is 11.0. The number of carbonyl (C=O) groups is 2. The van der Waals surface area contributed by atoms with E-state index < -0.39 is 0 Å². The molecule has 1 saturated carbocycles. The minimum absolute atomic E-state index is 0.106. The highest BCUT2D eigenvalue weighted by Crippen LogP contribution is 2.43. The van der Waals surface area contributed by atoms with Gasteiger partial charge in [0.1, 0.15) is 10.0 Å². The second-order valence-corrected chi connectivity index (χ2v) is 13.0. The van der Waals surface area contributed by atoms with Crippen LogP contribution >= 0.6 is 22.7 Å². The standard InChI is InChI=1S/C30H36N8O2S2/c1-37(2)23-12-8-19(9-13-23)16-25(39)31-29-35-33-27(41-29)21-6-5-7-22(18-21)28-34-36-30(42-28)32-26(40)17-20-10-14-24(15-11-20)38(3)4/h8-15,21-22H,5-7,16-18H2,1-4H3,(H,31,35,39)(H,32,36,40). The molecular formula is C30H36N8O2S2. The molecule has 2 aromatic carbocycles. The van der Waals surface area contributed by atoms with Crippen molar-refractivity contribution in [3.05, 3.63) is 69.7 Å². The van der Waals surface area contributed by atoms with Crippen LogP contribution in [-0.2, 0) is 22.4 Å².